The van der Waals surface area contributed by atoms with Gasteiger partial charge in [-0.1, -0.05) is 47.5 Å². The molecule has 31 heavy (non-hydrogen) atoms. The molecule has 0 bridgehead atoms. The Morgan fingerprint density at radius 1 is 1.00 bits per heavy atom. The first-order valence-corrected chi connectivity index (χ1v) is 9.98. The van der Waals surface area contributed by atoms with Crippen LogP contribution >= 0.6 is 11.6 Å². The van der Waals surface area contributed by atoms with Crippen LogP contribution in [0.1, 0.15) is 22.3 Å². The van der Waals surface area contributed by atoms with Crippen LogP contribution in [0.4, 0.5) is 5.69 Å². The Labute approximate surface area is 185 Å². The fourth-order valence-electron chi connectivity index (χ4n) is 2.76. The third kappa shape index (κ3) is 6.42. The van der Waals surface area contributed by atoms with Gasteiger partial charge in [0.2, 0.25) is 0 Å². The van der Waals surface area contributed by atoms with Crippen molar-refractivity contribution in [3.8, 4) is 5.75 Å². The highest BCUT2D eigenvalue weighted by Crippen LogP contribution is 2.22. The molecule has 2 amide bonds. The highest BCUT2D eigenvalue weighted by atomic mass is 35.5. The van der Waals surface area contributed by atoms with Gasteiger partial charge in [-0.15, -0.1) is 0 Å². The number of carbonyl (C=O) groups excluding carboxylic acids is 2. The van der Waals surface area contributed by atoms with E-state index in [0.717, 1.165) is 16.9 Å². The van der Waals surface area contributed by atoms with Gasteiger partial charge in [-0.05, 0) is 66.9 Å². The lowest BCUT2D eigenvalue weighted by Crippen LogP contribution is -2.32. The van der Waals surface area contributed by atoms with Crippen LogP contribution in [0, 0.1) is 13.8 Å². The number of anilines is 1. The van der Waals surface area contributed by atoms with E-state index >= 15 is 0 Å². The molecule has 158 valence electrons. The van der Waals surface area contributed by atoms with Crippen molar-refractivity contribution in [1.82, 2.24) is 5.43 Å². The molecule has 0 saturated carbocycles. The van der Waals surface area contributed by atoms with Gasteiger partial charge in [0.05, 0.1) is 6.21 Å². The Bertz CT molecular complexity index is 1110. The minimum absolute atomic E-state index is 0.470. The summed E-state index contributed by atoms with van der Waals surface area (Å²) in [4.78, 5) is 24.0. The summed E-state index contributed by atoms with van der Waals surface area (Å²) in [5.41, 5.74) is 6.38. The van der Waals surface area contributed by atoms with Crippen LogP contribution < -0.4 is 15.5 Å². The Balaban J connectivity index is 1.49. The van der Waals surface area contributed by atoms with Gasteiger partial charge in [-0.2, -0.15) is 5.10 Å². The molecule has 3 rings (SSSR count). The van der Waals surface area contributed by atoms with Crippen LogP contribution in [-0.4, -0.2) is 18.0 Å². The first-order chi connectivity index (χ1) is 14.9. The summed E-state index contributed by atoms with van der Waals surface area (Å²) in [6.07, 6.45) is 1.44. The number of nitrogens with zero attached hydrogens (tertiary/aromatic N) is 1. The zero-order valence-corrected chi connectivity index (χ0v) is 17.9. The molecule has 0 atom stereocenters. The van der Waals surface area contributed by atoms with E-state index < -0.39 is 11.8 Å². The van der Waals surface area contributed by atoms with E-state index in [2.05, 4.69) is 21.9 Å². The van der Waals surface area contributed by atoms with Gasteiger partial charge < -0.3 is 10.1 Å². The predicted octanol–water partition coefficient (Wildman–Crippen LogP) is 4.62. The van der Waals surface area contributed by atoms with E-state index in [9.17, 15) is 9.59 Å². The largest absolute Gasteiger partial charge is 0.489 e. The number of hydrogen-bond donors (Lipinski definition) is 2. The molecular weight excluding hydrogens is 414 g/mol. The topological polar surface area (TPSA) is 79.8 Å². The zero-order valence-electron chi connectivity index (χ0n) is 17.2. The minimum atomic E-state index is -0.881. The summed E-state index contributed by atoms with van der Waals surface area (Å²) >= 11 is 6.01. The lowest BCUT2D eigenvalue weighted by molar-refractivity contribution is -0.136. The molecule has 0 fully saturated rings. The lowest BCUT2D eigenvalue weighted by Gasteiger charge is -2.08. The third-order valence-electron chi connectivity index (χ3n) is 4.47. The second kappa shape index (κ2) is 10.4. The van der Waals surface area contributed by atoms with Crippen molar-refractivity contribution in [3.05, 3.63) is 94.0 Å². The van der Waals surface area contributed by atoms with E-state index in [1.165, 1.54) is 11.8 Å². The molecule has 0 heterocycles. The molecule has 0 spiro atoms. The molecule has 3 aromatic carbocycles. The van der Waals surface area contributed by atoms with Gasteiger partial charge >= 0.3 is 11.8 Å². The van der Waals surface area contributed by atoms with Gasteiger partial charge in [0.25, 0.3) is 0 Å². The number of halogens is 1. The maximum Gasteiger partial charge on any atom is 0.329 e. The number of carbonyl (C=O) groups is 2. The van der Waals surface area contributed by atoms with Gasteiger partial charge in [0.1, 0.15) is 12.4 Å². The number of benzene rings is 3. The lowest BCUT2D eigenvalue weighted by atomic mass is 10.1. The summed E-state index contributed by atoms with van der Waals surface area (Å²) in [6.45, 7) is 4.27. The van der Waals surface area contributed by atoms with Gasteiger partial charge in [-0.3, -0.25) is 9.59 Å². The van der Waals surface area contributed by atoms with Crippen LogP contribution in [0.25, 0.3) is 0 Å². The first kappa shape index (κ1) is 22.1. The normalized spacial score (nSPS) is 10.7. The van der Waals surface area contributed by atoms with Crippen LogP contribution in [0.5, 0.6) is 5.75 Å². The Hall–Kier alpha value is -3.64. The molecule has 3 aromatic rings. The SMILES string of the molecule is Cc1cccc(COc2ccc(/C=N/NC(=O)C(=O)Nc3cccc(Cl)c3C)cc2)c1. The van der Waals surface area contributed by atoms with E-state index in [-0.39, 0.29) is 0 Å². The molecule has 0 aliphatic rings. The summed E-state index contributed by atoms with van der Waals surface area (Å²) in [5, 5.41) is 6.84. The Morgan fingerprint density at radius 3 is 2.48 bits per heavy atom. The molecule has 0 aromatic heterocycles. The van der Waals surface area contributed by atoms with E-state index in [1.807, 2.05) is 37.3 Å². The predicted molar refractivity (Wildman–Crippen MR) is 123 cm³/mol. The maximum atomic E-state index is 12.0. The van der Waals surface area contributed by atoms with Crippen molar-refractivity contribution >= 4 is 35.3 Å². The fraction of sp³-hybridized carbons (Fsp3) is 0.125. The molecule has 0 radical (unpaired) electrons. The van der Waals surface area contributed by atoms with Crippen LogP contribution in [-0.2, 0) is 16.2 Å². The summed E-state index contributed by atoms with van der Waals surface area (Å²) in [7, 11) is 0. The number of aryl methyl sites for hydroxylation is 1. The van der Waals surface area contributed by atoms with Crippen molar-refractivity contribution in [3.63, 3.8) is 0 Å². The smallest absolute Gasteiger partial charge is 0.329 e. The molecule has 0 saturated heterocycles. The van der Waals surface area contributed by atoms with Crippen molar-refractivity contribution in [2.45, 2.75) is 20.5 Å². The number of rotatable bonds is 6. The molecule has 2 N–H and O–H groups in total. The summed E-state index contributed by atoms with van der Waals surface area (Å²) in [5.74, 6) is -0.991. The van der Waals surface area contributed by atoms with E-state index in [0.29, 0.717) is 22.9 Å². The highest BCUT2D eigenvalue weighted by Gasteiger charge is 2.14. The standard InChI is InChI=1S/C24H22ClN3O3/c1-16-5-3-6-19(13-16)15-31-20-11-9-18(10-12-20)14-26-28-24(30)23(29)27-22-8-4-7-21(25)17(22)2/h3-14H,15H2,1-2H3,(H,27,29)(H,28,30)/b26-14+. The molecular formula is C24H22ClN3O3. The molecule has 0 aliphatic heterocycles. The monoisotopic (exact) mass is 435 g/mol. The molecule has 0 unspecified atom stereocenters. The highest BCUT2D eigenvalue weighted by molar-refractivity contribution is 6.40. The number of ether oxygens (including phenoxy) is 1. The first-order valence-electron chi connectivity index (χ1n) is 9.60. The number of hydrazone groups is 1. The zero-order chi connectivity index (χ0) is 22.2. The summed E-state index contributed by atoms with van der Waals surface area (Å²) < 4.78 is 5.77. The van der Waals surface area contributed by atoms with Gasteiger partial charge in [-0.25, -0.2) is 5.43 Å². The second-order valence-electron chi connectivity index (χ2n) is 6.91. The second-order valence-corrected chi connectivity index (χ2v) is 7.32. The quantitative estimate of drug-likeness (QED) is 0.336. The molecule has 6 nitrogen and oxygen atoms in total. The van der Waals surface area contributed by atoms with Crippen LogP contribution in [0.2, 0.25) is 5.02 Å². The average Bonchev–Trinajstić information content (AvgIpc) is 2.76. The van der Waals surface area contributed by atoms with Crippen molar-refractivity contribution < 1.29 is 14.3 Å². The fourth-order valence-corrected chi connectivity index (χ4v) is 2.93. The van der Waals surface area contributed by atoms with Gasteiger partial charge in [0, 0.05) is 10.7 Å². The number of amides is 2. The third-order valence-corrected chi connectivity index (χ3v) is 4.88. The maximum absolute atomic E-state index is 12.0. The van der Waals surface area contributed by atoms with E-state index in [1.54, 1.807) is 37.3 Å². The number of nitrogens with one attached hydrogen (secondary N) is 2. The van der Waals surface area contributed by atoms with E-state index in [4.69, 9.17) is 16.3 Å². The van der Waals surface area contributed by atoms with Crippen molar-refractivity contribution in [1.29, 1.82) is 0 Å². The van der Waals surface area contributed by atoms with Crippen molar-refractivity contribution in [2.24, 2.45) is 5.10 Å². The summed E-state index contributed by atoms with van der Waals surface area (Å²) in [6, 6.07) is 20.4. The van der Waals surface area contributed by atoms with Gasteiger partial charge in [0.15, 0.2) is 0 Å². The molecule has 0 aliphatic carbocycles. The Morgan fingerprint density at radius 2 is 1.74 bits per heavy atom. The number of hydrogen-bond acceptors (Lipinski definition) is 4. The van der Waals surface area contributed by atoms with Crippen LogP contribution in [0.3, 0.4) is 0 Å². The van der Waals surface area contributed by atoms with Crippen molar-refractivity contribution in [2.75, 3.05) is 5.32 Å². The minimum Gasteiger partial charge on any atom is -0.489 e. The molecule has 7 heteroatoms. The van der Waals surface area contributed by atoms with Crippen LogP contribution in [0.15, 0.2) is 71.8 Å². The Kier molecular flexibility index (Phi) is 7.40. The average molecular weight is 436 g/mol.